The molecule has 114 valence electrons. The number of aromatic nitrogens is 2. The molecule has 0 aliphatic rings. The predicted molar refractivity (Wildman–Crippen MR) is 81.5 cm³/mol. The summed E-state index contributed by atoms with van der Waals surface area (Å²) < 4.78 is 1.16. The molecule has 0 radical (unpaired) electrons. The van der Waals surface area contributed by atoms with Crippen LogP contribution in [0.5, 0.6) is 0 Å². The van der Waals surface area contributed by atoms with Crippen molar-refractivity contribution in [3.05, 3.63) is 21.6 Å². The second kappa shape index (κ2) is 8.24. The second-order valence-electron chi connectivity index (χ2n) is 4.66. The van der Waals surface area contributed by atoms with Crippen molar-refractivity contribution in [2.24, 2.45) is 0 Å². The van der Waals surface area contributed by atoms with Gasteiger partial charge < -0.3 is 15.3 Å². The van der Waals surface area contributed by atoms with Gasteiger partial charge in [0.15, 0.2) is 0 Å². The van der Waals surface area contributed by atoms with Crippen molar-refractivity contribution in [1.82, 2.24) is 14.7 Å². The van der Waals surface area contributed by atoms with Crippen molar-refractivity contribution in [2.75, 3.05) is 31.6 Å². The molecule has 0 aliphatic carbocycles. The Bertz CT molecular complexity index is 474. The smallest absolute Gasteiger partial charge is 0.287 e. The van der Waals surface area contributed by atoms with Crippen LogP contribution in [0.15, 0.2) is 11.0 Å². The minimum Gasteiger partial charge on any atom is -0.394 e. The minimum atomic E-state index is -0.388. The fourth-order valence-electron chi connectivity index (χ4n) is 2.00. The van der Waals surface area contributed by atoms with Gasteiger partial charge in [0.05, 0.1) is 25.0 Å². The Kier molecular flexibility index (Phi) is 6.98. The zero-order chi connectivity index (χ0) is 15.1. The molecule has 1 heterocycles. The Morgan fingerprint density at radius 3 is 2.70 bits per heavy atom. The number of rotatable bonds is 8. The van der Waals surface area contributed by atoms with E-state index in [1.54, 1.807) is 0 Å². The quantitative estimate of drug-likeness (QED) is 0.750. The van der Waals surface area contributed by atoms with Crippen molar-refractivity contribution in [2.45, 2.75) is 33.4 Å². The van der Waals surface area contributed by atoms with Gasteiger partial charge in [-0.05, 0) is 20.0 Å². The van der Waals surface area contributed by atoms with Gasteiger partial charge in [-0.2, -0.15) is 5.10 Å². The number of hydrogen-bond acceptors (Lipinski definition) is 5. The summed E-state index contributed by atoms with van der Waals surface area (Å²) in [5.74, 6) is 0. The number of aliphatic hydroxyl groups is 1. The topological polar surface area (TPSA) is 70.4 Å². The first-order valence-electron chi connectivity index (χ1n) is 6.88. The summed E-state index contributed by atoms with van der Waals surface area (Å²) in [4.78, 5) is 14.2. The van der Waals surface area contributed by atoms with Crippen molar-refractivity contribution in [3.63, 3.8) is 0 Å². The van der Waals surface area contributed by atoms with Gasteiger partial charge in [-0.1, -0.05) is 25.4 Å². The van der Waals surface area contributed by atoms with Crippen LogP contribution in [0.4, 0.5) is 5.69 Å². The molecule has 0 bridgehead atoms. The van der Waals surface area contributed by atoms with Crippen LogP contribution >= 0.6 is 11.6 Å². The van der Waals surface area contributed by atoms with Gasteiger partial charge in [0.1, 0.15) is 5.02 Å². The maximum Gasteiger partial charge on any atom is 0.287 e. The molecule has 1 unspecified atom stereocenters. The lowest BCUT2D eigenvalue weighted by Crippen LogP contribution is -2.35. The molecule has 7 heteroatoms. The lowest BCUT2D eigenvalue weighted by atomic mass is 10.3. The van der Waals surface area contributed by atoms with Crippen molar-refractivity contribution >= 4 is 17.3 Å². The van der Waals surface area contributed by atoms with Crippen LogP contribution in [0.1, 0.15) is 20.8 Å². The molecule has 0 saturated carbocycles. The maximum absolute atomic E-state index is 11.9. The summed E-state index contributed by atoms with van der Waals surface area (Å²) in [6, 6.07) is 0.155. The molecule has 1 aromatic heterocycles. The van der Waals surface area contributed by atoms with Crippen LogP contribution in [0, 0.1) is 0 Å². The summed E-state index contributed by atoms with van der Waals surface area (Å²) in [6.45, 7) is 9.08. The van der Waals surface area contributed by atoms with Crippen LogP contribution in [-0.4, -0.2) is 52.1 Å². The molecule has 0 aromatic carbocycles. The number of nitrogens with zero attached hydrogens (tertiary/aromatic N) is 3. The average Bonchev–Trinajstić information content (AvgIpc) is 2.44. The average molecular weight is 303 g/mol. The summed E-state index contributed by atoms with van der Waals surface area (Å²) in [5.41, 5.74) is 0.145. The summed E-state index contributed by atoms with van der Waals surface area (Å²) in [5, 5.41) is 16.1. The third-order valence-electron chi connectivity index (χ3n) is 3.13. The first-order chi connectivity index (χ1) is 9.53. The second-order valence-corrected chi connectivity index (χ2v) is 5.03. The zero-order valence-electron chi connectivity index (χ0n) is 12.3. The largest absolute Gasteiger partial charge is 0.394 e. The Morgan fingerprint density at radius 2 is 2.15 bits per heavy atom. The van der Waals surface area contributed by atoms with E-state index < -0.39 is 0 Å². The van der Waals surface area contributed by atoms with E-state index in [2.05, 4.69) is 29.2 Å². The molecular formula is C13H23ClN4O2. The molecule has 6 nitrogen and oxygen atoms in total. The van der Waals surface area contributed by atoms with Crippen LogP contribution in [0.3, 0.4) is 0 Å². The normalized spacial score (nSPS) is 12.7. The maximum atomic E-state index is 11.9. The molecule has 1 aromatic rings. The first kappa shape index (κ1) is 16.9. The summed E-state index contributed by atoms with van der Waals surface area (Å²) in [7, 11) is 0. The molecule has 0 fully saturated rings. The fourth-order valence-corrected chi connectivity index (χ4v) is 2.20. The number of hydrogen-bond donors (Lipinski definition) is 2. The highest BCUT2D eigenvalue weighted by Crippen LogP contribution is 2.16. The number of nitrogens with one attached hydrogen (secondary N) is 1. The highest BCUT2D eigenvalue weighted by atomic mass is 35.5. The summed E-state index contributed by atoms with van der Waals surface area (Å²) in [6.07, 6.45) is 1.53. The fraction of sp³-hybridized carbons (Fsp3) is 0.692. The van der Waals surface area contributed by atoms with Crippen LogP contribution in [-0.2, 0) is 6.54 Å². The van der Waals surface area contributed by atoms with E-state index in [0.29, 0.717) is 5.69 Å². The highest BCUT2D eigenvalue weighted by Gasteiger charge is 2.12. The van der Waals surface area contributed by atoms with Gasteiger partial charge in [-0.25, -0.2) is 4.68 Å². The molecular weight excluding hydrogens is 280 g/mol. The number of likely N-dealkylation sites (N-methyl/N-ethyl adjacent to an activating group) is 1. The molecule has 20 heavy (non-hydrogen) atoms. The monoisotopic (exact) mass is 302 g/mol. The van der Waals surface area contributed by atoms with E-state index in [0.717, 1.165) is 24.3 Å². The SMILES string of the molecule is CCN(CC)CC(C)Nc1cnn(CCO)c(=O)c1Cl. The number of halogens is 1. The van der Waals surface area contributed by atoms with Crippen LogP contribution in [0.2, 0.25) is 5.02 Å². The van der Waals surface area contributed by atoms with Crippen LogP contribution < -0.4 is 10.9 Å². The standard InChI is InChI=1S/C13H23ClN4O2/c1-4-17(5-2)9-10(3)16-11-8-15-18(6-7-19)13(20)12(11)14/h8,10,16,19H,4-7,9H2,1-3H3. The Labute approximate surface area is 124 Å². The predicted octanol–water partition coefficient (Wildman–Crippen LogP) is 1.03. The summed E-state index contributed by atoms with van der Waals surface area (Å²) >= 11 is 6.05. The minimum absolute atomic E-state index is 0.111. The highest BCUT2D eigenvalue weighted by molar-refractivity contribution is 6.32. The molecule has 2 N–H and O–H groups in total. The molecule has 0 amide bonds. The van der Waals surface area contributed by atoms with E-state index in [1.807, 2.05) is 6.92 Å². The van der Waals surface area contributed by atoms with Crippen molar-refractivity contribution in [3.8, 4) is 0 Å². The van der Waals surface area contributed by atoms with Gasteiger partial charge in [0, 0.05) is 12.6 Å². The number of aliphatic hydroxyl groups excluding tert-OH is 1. The molecule has 1 atom stereocenters. The Hall–Kier alpha value is -1.11. The van der Waals surface area contributed by atoms with Gasteiger partial charge in [-0.3, -0.25) is 4.79 Å². The Morgan fingerprint density at radius 1 is 1.50 bits per heavy atom. The molecule has 0 saturated heterocycles. The third-order valence-corrected chi connectivity index (χ3v) is 3.49. The van der Waals surface area contributed by atoms with E-state index in [1.165, 1.54) is 6.20 Å². The third kappa shape index (κ3) is 4.47. The Balaban J connectivity index is 2.78. The van der Waals surface area contributed by atoms with Crippen LogP contribution in [0.25, 0.3) is 0 Å². The van der Waals surface area contributed by atoms with Gasteiger partial charge >= 0.3 is 0 Å². The van der Waals surface area contributed by atoms with E-state index in [-0.39, 0.29) is 29.8 Å². The van der Waals surface area contributed by atoms with E-state index in [4.69, 9.17) is 16.7 Å². The van der Waals surface area contributed by atoms with Gasteiger partial charge in [-0.15, -0.1) is 0 Å². The lowest BCUT2D eigenvalue weighted by Gasteiger charge is -2.24. The zero-order valence-corrected chi connectivity index (χ0v) is 13.0. The van der Waals surface area contributed by atoms with Crippen molar-refractivity contribution < 1.29 is 5.11 Å². The molecule has 1 rings (SSSR count). The van der Waals surface area contributed by atoms with E-state index >= 15 is 0 Å². The van der Waals surface area contributed by atoms with Gasteiger partial charge in [0.2, 0.25) is 0 Å². The number of anilines is 1. The first-order valence-corrected chi connectivity index (χ1v) is 7.26. The molecule has 0 spiro atoms. The lowest BCUT2D eigenvalue weighted by molar-refractivity contribution is 0.266. The van der Waals surface area contributed by atoms with E-state index in [9.17, 15) is 4.79 Å². The molecule has 0 aliphatic heterocycles. The van der Waals surface area contributed by atoms with Crippen molar-refractivity contribution in [1.29, 1.82) is 0 Å². The van der Waals surface area contributed by atoms with Gasteiger partial charge in [0.25, 0.3) is 5.56 Å².